The molecule has 1 saturated heterocycles. The van der Waals surface area contributed by atoms with E-state index in [1.807, 2.05) is 0 Å². The third-order valence-electron chi connectivity index (χ3n) is 21.4. The van der Waals surface area contributed by atoms with E-state index in [0.29, 0.717) is 38.6 Å². The van der Waals surface area contributed by atoms with E-state index in [2.05, 4.69) is 47.9 Å². The van der Waals surface area contributed by atoms with Gasteiger partial charge in [-0.05, 0) is 25.7 Å². The highest BCUT2D eigenvalue weighted by molar-refractivity contribution is 5.80. The van der Waals surface area contributed by atoms with E-state index < -0.39 is 205 Å². The summed E-state index contributed by atoms with van der Waals surface area (Å²) in [5.41, 5.74) is -1.53. The van der Waals surface area contributed by atoms with Gasteiger partial charge in [0.1, 0.15) is 48.6 Å². The molecule has 9 amide bonds. The molecule has 1 aliphatic heterocycles. The number of unbranched alkanes of at least 4 members (excludes halogenated alkanes) is 9. The molecule has 53 nitrogen and oxygen atoms in total. The molecule has 0 saturated carbocycles. The fourth-order valence-electron chi connectivity index (χ4n) is 14.6. The fourth-order valence-corrected chi connectivity index (χ4v) is 14.6. The van der Waals surface area contributed by atoms with Crippen LogP contribution in [0.25, 0.3) is 0 Å². The summed E-state index contributed by atoms with van der Waals surface area (Å²) in [6.07, 6.45) is -6.83. The van der Waals surface area contributed by atoms with Gasteiger partial charge >= 0.3 is 53.7 Å². The number of carbonyl (C=O) groups is 18. The van der Waals surface area contributed by atoms with Crippen molar-refractivity contribution in [2.24, 2.45) is 11.8 Å². The van der Waals surface area contributed by atoms with Crippen LogP contribution in [-0.2, 0) is 195 Å². The molecule has 0 aromatic rings. The molecule has 0 aromatic heterocycles. The minimum absolute atomic E-state index is 0.00152. The van der Waals surface area contributed by atoms with Crippen LogP contribution in [0.15, 0.2) is 0 Å². The standard InChI is InChI=1S/C97H167N9O44/c1-63(56-141-68(6)110)88(144-71(9)113)91(147-74(12)116)85(103-65(3)107)94(126)138-52-49-132-46-43-129-40-34-99-81(122)30-37-135-60-97(106-84(125)29-25-21-20-24-27-79(120)98-33-26-22-18-16-17-19-23-28-80(121)102-55-77(119)58-128-15,61-136-38-31-82(123)100-35-41-130-44-47-133-50-53-139-95(127)86(104-66(4)108)92(148-75(13)117)89(145-72(10)114)64(2)57-142-69(7)111)62-137-39-32-83(124)101-36-42-131-45-48-134-51-54-140-96-87(105-67(5)109)93(149-76(14)118)90(146-73(11)115)78(150-96)59-143-70(8)112/h63-64,77-78,85-96,119,126-127H,16-62H2,1-15H3,(H,98,120)(H,99,122)(H,100,123)(H,101,124)(H,102,121)(H,103,107)(H,104,108)(H,105,109)(H,106,125)/t63?,64?,77?,78?,85?,86?,87?,88-,89-,90-,91+,92+,93+,94-,95-,96+,97?/m0/s1. The first-order valence-electron chi connectivity index (χ1n) is 50.5. The van der Waals surface area contributed by atoms with Gasteiger partial charge in [0.05, 0.1) is 165 Å². The number of esters is 9. The predicted molar refractivity (Wildman–Crippen MR) is 523 cm³/mol. The van der Waals surface area contributed by atoms with Crippen LogP contribution in [-0.4, -0.2) is 419 Å². The van der Waals surface area contributed by atoms with Crippen LogP contribution in [0.1, 0.15) is 206 Å². The number of hydrogen-bond acceptors (Lipinski definition) is 44. The highest BCUT2D eigenvalue weighted by Gasteiger charge is 2.52. The zero-order valence-corrected chi connectivity index (χ0v) is 89.6. The highest BCUT2D eigenvalue weighted by Crippen LogP contribution is 2.30. The van der Waals surface area contributed by atoms with Crippen molar-refractivity contribution in [2.75, 3.05) is 205 Å². The Balaban J connectivity index is 3.32. The minimum atomic E-state index is -1.85. The maximum atomic E-state index is 14.2. The smallest absolute Gasteiger partial charge is 0.303 e. The lowest BCUT2D eigenvalue weighted by molar-refractivity contribution is -0.279. The van der Waals surface area contributed by atoms with Crippen molar-refractivity contribution in [3.05, 3.63) is 0 Å². The Bertz CT molecular complexity index is 3790. The highest BCUT2D eigenvalue weighted by atomic mass is 16.7. The van der Waals surface area contributed by atoms with Gasteiger partial charge in [0.15, 0.2) is 43.3 Å². The number of carbonyl (C=O) groups excluding carboxylic acids is 18. The van der Waals surface area contributed by atoms with E-state index in [1.54, 1.807) is 0 Å². The molecule has 864 valence electrons. The number of amides is 9. The van der Waals surface area contributed by atoms with Crippen LogP contribution in [0, 0.1) is 11.8 Å². The first-order valence-corrected chi connectivity index (χ1v) is 50.5. The Morgan fingerprint density at radius 3 is 1.04 bits per heavy atom. The summed E-state index contributed by atoms with van der Waals surface area (Å²) < 4.78 is 128. The van der Waals surface area contributed by atoms with Gasteiger partial charge in [0.2, 0.25) is 53.2 Å². The summed E-state index contributed by atoms with van der Waals surface area (Å²) in [4.78, 5) is 225. The van der Waals surface area contributed by atoms with Gasteiger partial charge in [-0.3, -0.25) is 86.3 Å². The lowest BCUT2D eigenvalue weighted by atomic mass is 9.94. The van der Waals surface area contributed by atoms with E-state index in [-0.39, 0.29) is 229 Å². The molecule has 0 aliphatic carbocycles. The molecular formula is C97H167N9O44. The van der Waals surface area contributed by atoms with Gasteiger partial charge in [0.25, 0.3) is 0 Å². The molecule has 1 fully saturated rings. The molecule has 0 bridgehead atoms. The first-order chi connectivity index (χ1) is 71.4. The van der Waals surface area contributed by atoms with Crippen molar-refractivity contribution in [1.29, 1.82) is 0 Å². The molecule has 1 heterocycles. The number of ether oxygens (including phenoxy) is 23. The lowest BCUT2D eigenvalue weighted by Crippen LogP contribution is -2.66. The van der Waals surface area contributed by atoms with Crippen LogP contribution in [0.2, 0.25) is 0 Å². The normalized spacial score (nSPS) is 16.9. The average Bonchev–Trinajstić information content (AvgIpc) is 0.782. The number of rotatable bonds is 90. The van der Waals surface area contributed by atoms with Crippen molar-refractivity contribution in [3.8, 4) is 0 Å². The third-order valence-corrected chi connectivity index (χ3v) is 21.4. The van der Waals surface area contributed by atoms with Gasteiger partial charge in [0, 0.05) is 173 Å². The molecule has 1 rings (SSSR count). The van der Waals surface area contributed by atoms with Crippen molar-refractivity contribution in [3.63, 3.8) is 0 Å². The molecule has 0 radical (unpaired) electrons. The van der Waals surface area contributed by atoms with Gasteiger partial charge in [-0.1, -0.05) is 58.8 Å². The van der Waals surface area contributed by atoms with E-state index >= 15 is 0 Å². The Morgan fingerprint density at radius 2 is 0.667 bits per heavy atom. The van der Waals surface area contributed by atoms with Gasteiger partial charge in [-0.2, -0.15) is 0 Å². The molecule has 16 atom stereocenters. The summed E-state index contributed by atoms with van der Waals surface area (Å²) in [6.45, 7) is 14.2. The summed E-state index contributed by atoms with van der Waals surface area (Å²) in [7, 11) is 1.47. The number of hydrogen-bond donors (Lipinski definition) is 12. The fraction of sp³-hybridized carbons (Fsp3) is 0.814. The van der Waals surface area contributed by atoms with Crippen LogP contribution >= 0.6 is 0 Å². The van der Waals surface area contributed by atoms with Gasteiger partial charge in [-0.15, -0.1) is 0 Å². The minimum Gasteiger partial charge on any atom is -0.465 e. The second kappa shape index (κ2) is 84.3. The van der Waals surface area contributed by atoms with E-state index in [1.165, 1.54) is 27.9 Å². The number of aliphatic hydroxyl groups is 3. The molecule has 150 heavy (non-hydrogen) atoms. The first kappa shape index (κ1) is 138. The lowest BCUT2D eigenvalue weighted by Gasteiger charge is -2.44. The largest absolute Gasteiger partial charge is 0.465 e. The summed E-state index contributed by atoms with van der Waals surface area (Å²) in [5.74, 6) is -12.4. The predicted octanol–water partition coefficient (Wildman–Crippen LogP) is -1.31. The Morgan fingerprint density at radius 1 is 0.327 bits per heavy atom. The van der Waals surface area contributed by atoms with Gasteiger partial charge in [-0.25, -0.2) is 0 Å². The third kappa shape index (κ3) is 70.8. The van der Waals surface area contributed by atoms with Crippen LogP contribution < -0.4 is 47.9 Å². The Kier molecular flexibility index (Phi) is 77.4. The Hall–Kier alpha value is -10.2. The monoisotopic (exact) mass is 2160 g/mol. The summed E-state index contributed by atoms with van der Waals surface area (Å²) >= 11 is 0. The second-order valence-corrected chi connectivity index (χ2v) is 35.3. The quantitative estimate of drug-likeness (QED) is 0.0146. The topological polar surface area (TPSA) is 689 Å². The van der Waals surface area contributed by atoms with Gasteiger partial charge < -0.3 is 172 Å². The molecule has 12 N–H and O–H groups in total. The van der Waals surface area contributed by atoms with Crippen LogP contribution in [0.5, 0.6) is 0 Å². The summed E-state index contributed by atoms with van der Waals surface area (Å²) in [5, 5.41) is 56.6. The average molecular weight is 2160 g/mol. The van der Waals surface area contributed by atoms with E-state index in [9.17, 15) is 102 Å². The van der Waals surface area contributed by atoms with Crippen LogP contribution in [0.3, 0.4) is 0 Å². The number of nitrogens with one attached hydrogen (secondary N) is 9. The molecule has 0 spiro atoms. The van der Waals surface area contributed by atoms with Crippen molar-refractivity contribution < 1.29 is 211 Å². The van der Waals surface area contributed by atoms with Crippen molar-refractivity contribution >= 4 is 107 Å². The molecule has 53 heteroatoms. The summed E-state index contributed by atoms with van der Waals surface area (Å²) in [6, 6.07) is -4.19. The molecule has 1 aliphatic rings. The molecule has 7 unspecified atom stereocenters. The van der Waals surface area contributed by atoms with E-state index in [4.69, 9.17) is 109 Å². The second-order valence-electron chi connectivity index (χ2n) is 35.3. The SMILES string of the molecule is COCC(O)CNC(=O)CCCCCCCCCNC(=O)CCCCCCC(=O)NC(COCCC(=O)NCCOCCOCCO[C@@H]1OC(COC(C)=O)[C@H](OC(C)=O)[C@H](OC(C)=O)C1NC(C)=O)(COCCC(=O)NCCOCCOCCO[C@H](O)C(NC(C)=O)[C@@H](OC(C)=O)[C@@H](OC(C)=O)C(C)COC(C)=O)COCCC(=O)NCCOCCOCCO[C@H](O)C(NC(C)=O)[C@@H](OC(C)=O)[C@@H](OC(C)=O)C(C)COC(C)=O. The maximum Gasteiger partial charge on any atom is 0.303 e. The number of aliphatic hydroxyl groups excluding tert-OH is 3. The molecular weight excluding hydrogens is 2000 g/mol. The van der Waals surface area contributed by atoms with Crippen molar-refractivity contribution in [2.45, 2.75) is 297 Å². The number of methoxy groups -OCH3 is 1. The zero-order valence-electron chi connectivity index (χ0n) is 89.6. The van der Waals surface area contributed by atoms with Crippen molar-refractivity contribution in [1.82, 2.24) is 47.9 Å². The zero-order chi connectivity index (χ0) is 112. The maximum absolute atomic E-state index is 14.2. The van der Waals surface area contributed by atoms with Crippen LogP contribution in [0.4, 0.5) is 0 Å². The molecule has 0 aromatic carbocycles. The Labute approximate surface area is 876 Å². The van der Waals surface area contributed by atoms with E-state index in [0.717, 1.165) is 121 Å².